The Morgan fingerprint density at radius 2 is 2.08 bits per heavy atom. The standard InChI is InChI=1S/C10H11NO/c1-9(8-12)11-7-10-5-3-2-4-6-10/h2-6,8H,7H2,1H3/b11-9+. The molecule has 0 aliphatic heterocycles. The summed E-state index contributed by atoms with van der Waals surface area (Å²) in [6.45, 7) is 2.29. The van der Waals surface area contributed by atoms with Crippen molar-refractivity contribution in [2.75, 3.05) is 0 Å². The molecular formula is C10H11NO. The summed E-state index contributed by atoms with van der Waals surface area (Å²) in [5, 5.41) is 0. The van der Waals surface area contributed by atoms with E-state index in [1.165, 1.54) is 0 Å². The van der Waals surface area contributed by atoms with Crippen LogP contribution in [0.3, 0.4) is 0 Å². The van der Waals surface area contributed by atoms with Gasteiger partial charge in [0.1, 0.15) is 0 Å². The Bertz CT molecular complexity index is 277. The van der Waals surface area contributed by atoms with E-state index in [0.29, 0.717) is 12.3 Å². The molecule has 0 heterocycles. The molecule has 0 radical (unpaired) electrons. The summed E-state index contributed by atoms with van der Waals surface area (Å²) in [7, 11) is 0. The van der Waals surface area contributed by atoms with E-state index in [0.717, 1.165) is 11.8 Å². The monoisotopic (exact) mass is 161 g/mol. The van der Waals surface area contributed by atoms with E-state index in [-0.39, 0.29) is 0 Å². The minimum Gasteiger partial charge on any atom is -0.297 e. The Balaban J connectivity index is 2.60. The molecule has 1 aromatic rings. The molecule has 1 rings (SSSR count). The van der Waals surface area contributed by atoms with Crippen LogP contribution in [0.4, 0.5) is 0 Å². The van der Waals surface area contributed by atoms with E-state index in [1.807, 2.05) is 30.3 Å². The van der Waals surface area contributed by atoms with Gasteiger partial charge < -0.3 is 0 Å². The fourth-order valence-electron chi connectivity index (χ4n) is 0.837. The van der Waals surface area contributed by atoms with Crippen LogP contribution < -0.4 is 0 Å². The van der Waals surface area contributed by atoms with E-state index in [4.69, 9.17) is 0 Å². The number of hydrogen-bond donors (Lipinski definition) is 0. The minimum absolute atomic E-state index is 0.541. The highest BCUT2D eigenvalue weighted by Crippen LogP contribution is 1.99. The van der Waals surface area contributed by atoms with E-state index in [9.17, 15) is 4.79 Å². The van der Waals surface area contributed by atoms with Crippen molar-refractivity contribution in [3.63, 3.8) is 0 Å². The molecule has 12 heavy (non-hydrogen) atoms. The molecule has 0 aromatic heterocycles. The smallest absolute Gasteiger partial charge is 0.163 e. The molecule has 0 spiro atoms. The first-order valence-electron chi connectivity index (χ1n) is 3.83. The number of aliphatic imine (C=N–C) groups is 1. The summed E-state index contributed by atoms with van der Waals surface area (Å²) in [6.07, 6.45) is 0.767. The number of carbonyl (C=O) groups excluding carboxylic acids is 1. The zero-order valence-corrected chi connectivity index (χ0v) is 7.03. The molecule has 0 aliphatic rings. The van der Waals surface area contributed by atoms with Crippen LogP contribution in [0.5, 0.6) is 0 Å². The van der Waals surface area contributed by atoms with Gasteiger partial charge in [0.15, 0.2) is 6.29 Å². The second-order valence-corrected chi connectivity index (χ2v) is 2.56. The number of hydrogen-bond acceptors (Lipinski definition) is 2. The first kappa shape index (κ1) is 8.65. The lowest BCUT2D eigenvalue weighted by Gasteiger charge is -1.94. The molecule has 0 fully saturated rings. The summed E-state index contributed by atoms with van der Waals surface area (Å²) in [5.41, 5.74) is 1.66. The van der Waals surface area contributed by atoms with Gasteiger partial charge in [-0.3, -0.25) is 9.79 Å². The highest BCUT2D eigenvalue weighted by atomic mass is 16.1. The Kier molecular flexibility index (Phi) is 3.20. The van der Waals surface area contributed by atoms with Crippen molar-refractivity contribution in [2.24, 2.45) is 4.99 Å². The zero-order valence-electron chi connectivity index (χ0n) is 7.03. The van der Waals surface area contributed by atoms with E-state index in [2.05, 4.69) is 4.99 Å². The molecule has 0 unspecified atom stereocenters. The van der Waals surface area contributed by atoms with Crippen molar-refractivity contribution in [2.45, 2.75) is 13.5 Å². The second kappa shape index (κ2) is 4.44. The lowest BCUT2D eigenvalue weighted by atomic mass is 10.2. The maximum atomic E-state index is 10.2. The zero-order chi connectivity index (χ0) is 8.81. The van der Waals surface area contributed by atoms with Gasteiger partial charge in [-0.05, 0) is 12.5 Å². The molecular weight excluding hydrogens is 150 g/mol. The van der Waals surface area contributed by atoms with Gasteiger partial charge in [0.25, 0.3) is 0 Å². The maximum Gasteiger partial charge on any atom is 0.163 e. The molecule has 0 bridgehead atoms. The Morgan fingerprint density at radius 3 is 2.67 bits per heavy atom. The Labute approximate surface area is 71.9 Å². The largest absolute Gasteiger partial charge is 0.297 e. The van der Waals surface area contributed by atoms with Gasteiger partial charge >= 0.3 is 0 Å². The van der Waals surface area contributed by atoms with Gasteiger partial charge in [-0.2, -0.15) is 0 Å². The molecule has 0 saturated carbocycles. The third-order valence-electron chi connectivity index (χ3n) is 1.52. The summed E-state index contributed by atoms with van der Waals surface area (Å²) in [4.78, 5) is 14.3. The lowest BCUT2D eigenvalue weighted by molar-refractivity contribution is -0.102. The molecule has 0 amide bonds. The van der Waals surface area contributed by atoms with Gasteiger partial charge in [-0.25, -0.2) is 0 Å². The van der Waals surface area contributed by atoms with Crippen molar-refractivity contribution in [1.29, 1.82) is 0 Å². The van der Waals surface area contributed by atoms with Crippen LogP contribution in [-0.2, 0) is 11.3 Å². The predicted molar refractivity (Wildman–Crippen MR) is 49.3 cm³/mol. The summed E-state index contributed by atoms with van der Waals surface area (Å²) >= 11 is 0. The SMILES string of the molecule is C/C(C=O)=N\Cc1ccccc1. The average molecular weight is 161 g/mol. The molecule has 0 N–H and O–H groups in total. The van der Waals surface area contributed by atoms with Gasteiger partial charge in [-0.1, -0.05) is 30.3 Å². The second-order valence-electron chi connectivity index (χ2n) is 2.56. The molecule has 0 aliphatic carbocycles. The van der Waals surface area contributed by atoms with Crippen LogP contribution in [-0.4, -0.2) is 12.0 Å². The van der Waals surface area contributed by atoms with Crippen LogP contribution >= 0.6 is 0 Å². The Morgan fingerprint density at radius 1 is 1.42 bits per heavy atom. The third-order valence-corrected chi connectivity index (χ3v) is 1.52. The average Bonchev–Trinajstić information content (AvgIpc) is 2.16. The fraction of sp³-hybridized carbons (Fsp3) is 0.200. The summed E-state index contributed by atoms with van der Waals surface area (Å²) < 4.78 is 0. The first-order chi connectivity index (χ1) is 5.83. The normalized spacial score (nSPS) is 11.2. The summed E-state index contributed by atoms with van der Waals surface area (Å²) in [6, 6.07) is 9.85. The predicted octanol–water partition coefficient (Wildman–Crippen LogP) is 1.85. The number of carbonyl (C=O) groups is 1. The van der Waals surface area contributed by atoms with Gasteiger partial charge in [0, 0.05) is 0 Å². The third kappa shape index (κ3) is 2.66. The molecule has 2 nitrogen and oxygen atoms in total. The van der Waals surface area contributed by atoms with E-state index < -0.39 is 0 Å². The van der Waals surface area contributed by atoms with Gasteiger partial charge in [0.2, 0.25) is 0 Å². The van der Waals surface area contributed by atoms with Gasteiger partial charge in [-0.15, -0.1) is 0 Å². The first-order valence-corrected chi connectivity index (χ1v) is 3.83. The summed E-state index contributed by atoms with van der Waals surface area (Å²) in [5.74, 6) is 0. The number of rotatable bonds is 3. The van der Waals surface area contributed by atoms with Crippen LogP contribution in [0, 0.1) is 0 Å². The van der Waals surface area contributed by atoms with Crippen LogP contribution in [0.1, 0.15) is 12.5 Å². The van der Waals surface area contributed by atoms with Crippen molar-refractivity contribution < 1.29 is 4.79 Å². The van der Waals surface area contributed by atoms with Crippen LogP contribution in [0.15, 0.2) is 35.3 Å². The van der Waals surface area contributed by atoms with Crippen molar-refractivity contribution in [3.8, 4) is 0 Å². The van der Waals surface area contributed by atoms with Crippen molar-refractivity contribution in [3.05, 3.63) is 35.9 Å². The van der Waals surface area contributed by atoms with Crippen LogP contribution in [0.25, 0.3) is 0 Å². The van der Waals surface area contributed by atoms with Crippen molar-refractivity contribution in [1.82, 2.24) is 0 Å². The highest BCUT2D eigenvalue weighted by molar-refractivity contribution is 6.26. The molecule has 62 valence electrons. The molecule has 1 aromatic carbocycles. The number of nitrogens with zero attached hydrogens (tertiary/aromatic N) is 1. The molecule has 0 atom stereocenters. The van der Waals surface area contributed by atoms with Crippen molar-refractivity contribution >= 4 is 12.0 Å². The van der Waals surface area contributed by atoms with Gasteiger partial charge in [0.05, 0.1) is 12.3 Å². The maximum absolute atomic E-state index is 10.2. The lowest BCUT2D eigenvalue weighted by Crippen LogP contribution is -1.92. The topological polar surface area (TPSA) is 29.4 Å². The molecule has 2 heteroatoms. The van der Waals surface area contributed by atoms with E-state index in [1.54, 1.807) is 6.92 Å². The number of aldehydes is 1. The fourth-order valence-corrected chi connectivity index (χ4v) is 0.837. The minimum atomic E-state index is 0.541. The van der Waals surface area contributed by atoms with Crippen LogP contribution in [0.2, 0.25) is 0 Å². The van der Waals surface area contributed by atoms with E-state index >= 15 is 0 Å². The molecule has 0 saturated heterocycles. The number of benzene rings is 1. The highest BCUT2D eigenvalue weighted by Gasteiger charge is 1.88. The Hall–Kier alpha value is -1.44. The quantitative estimate of drug-likeness (QED) is 0.491.